The predicted molar refractivity (Wildman–Crippen MR) is 79.8 cm³/mol. The van der Waals surface area contributed by atoms with E-state index in [0.29, 0.717) is 32.3 Å². The Balaban J connectivity index is 1.87. The van der Waals surface area contributed by atoms with E-state index in [4.69, 9.17) is 4.74 Å². The minimum Gasteiger partial charge on any atom is -0.378 e. The normalized spacial score (nSPS) is 18.3. The fraction of sp³-hybridized carbons (Fsp3) is 0.643. The highest BCUT2D eigenvalue weighted by Crippen LogP contribution is 2.26. The molecular formula is C14H21N5O2. The molecule has 2 aliphatic rings. The molecule has 2 amide bonds. The number of fused-ring (bicyclic) bond motifs is 1. The number of anilines is 2. The Bertz CT molecular complexity index is 516. The summed E-state index contributed by atoms with van der Waals surface area (Å²) in [5.41, 5.74) is 1.05. The topological polar surface area (TPSA) is 70.6 Å². The molecule has 0 radical (unpaired) electrons. The van der Waals surface area contributed by atoms with Gasteiger partial charge in [-0.25, -0.2) is 9.78 Å². The SMILES string of the molecule is CCNC(=O)N1CCCc2cnc(N3CCOCC3)nc21. The van der Waals surface area contributed by atoms with Gasteiger partial charge in [-0.15, -0.1) is 0 Å². The maximum absolute atomic E-state index is 12.2. The van der Waals surface area contributed by atoms with Crippen molar-refractivity contribution in [3.8, 4) is 0 Å². The second kappa shape index (κ2) is 6.26. The zero-order valence-corrected chi connectivity index (χ0v) is 12.3. The van der Waals surface area contributed by atoms with E-state index >= 15 is 0 Å². The van der Waals surface area contributed by atoms with Crippen LogP contribution < -0.4 is 15.1 Å². The molecule has 114 valence electrons. The lowest BCUT2D eigenvalue weighted by Crippen LogP contribution is -2.44. The van der Waals surface area contributed by atoms with Crippen LogP contribution in [0.15, 0.2) is 6.20 Å². The number of carbonyl (C=O) groups is 1. The highest BCUT2D eigenvalue weighted by atomic mass is 16.5. The van der Waals surface area contributed by atoms with E-state index in [9.17, 15) is 4.79 Å². The number of aryl methyl sites for hydroxylation is 1. The van der Waals surface area contributed by atoms with Gasteiger partial charge < -0.3 is 15.0 Å². The van der Waals surface area contributed by atoms with Crippen molar-refractivity contribution >= 4 is 17.8 Å². The molecule has 0 bridgehead atoms. The van der Waals surface area contributed by atoms with Gasteiger partial charge in [0.1, 0.15) is 5.82 Å². The number of nitrogens with one attached hydrogen (secondary N) is 1. The number of hydrogen-bond donors (Lipinski definition) is 1. The summed E-state index contributed by atoms with van der Waals surface area (Å²) in [7, 11) is 0. The average molecular weight is 291 g/mol. The van der Waals surface area contributed by atoms with Crippen molar-refractivity contribution in [1.29, 1.82) is 0 Å². The monoisotopic (exact) mass is 291 g/mol. The lowest BCUT2D eigenvalue weighted by molar-refractivity contribution is 0.122. The molecule has 1 saturated heterocycles. The van der Waals surface area contributed by atoms with E-state index in [0.717, 1.165) is 37.3 Å². The molecule has 3 heterocycles. The molecule has 0 saturated carbocycles. The van der Waals surface area contributed by atoms with Gasteiger partial charge in [0.2, 0.25) is 5.95 Å². The molecule has 0 aliphatic carbocycles. The van der Waals surface area contributed by atoms with Gasteiger partial charge in [0.05, 0.1) is 13.2 Å². The summed E-state index contributed by atoms with van der Waals surface area (Å²) in [6.45, 7) is 6.22. The maximum Gasteiger partial charge on any atom is 0.323 e. The Labute approximate surface area is 124 Å². The van der Waals surface area contributed by atoms with Crippen LogP contribution in [0.25, 0.3) is 0 Å². The fourth-order valence-corrected chi connectivity index (χ4v) is 2.69. The largest absolute Gasteiger partial charge is 0.378 e. The minimum atomic E-state index is -0.0786. The maximum atomic E-state index is 12.2. The van der Waals surface area contributed by atoms with E-state index in [-0.39, 0.29) is 6.03 Å². The third-order valence-electron chi connectivity index (χ3n) is 3.78. The van der Waals surface area contributed by atoms with Gasteiger partial charge in [-0.3, -0.25) is 4.90 Å². The molecule has 3 rings (SSSR count). The number of urea groups is 1. The Morgan fingerprint density at radius 1 is 1.38 bits per heavy atom. The van der Waals surface area contributed by atoms with Crippen LogP contribution in [-0.2, 0) is 11.2 Å². The van der Waals surface area contributed by atoms with Gasteiger partial charge in [-0.2, -0.15) is 4.98 Å². The fourth-order valence-electron chi connectivity index (χ4n) is 2.69. The Kier molecular flexibility index (Phi) is 4.19. The van der Waals surface area contributed by atoms with Crippen molar-refractivity contribution in [1.82, 2.24) is 15.3 Å². The summed E-state index contributed by atoms with van der Waals surface area (Å²) in [5, 5.41) is 2.85. The number of rotatable bonds is 2. The summed E-state index contributed by atoms with van der Waals surface area (Å²) >= 11 is 0. The quantitative estimate of drug-likeness (QED) is 0.872. The zero-order valence-electron chi connectivity index (χ0n) is 12.3. The first kappa shape index (κ1) is 14.1. The van der Waals surface area contributed by atoms with Crippen LogP contribution in [0.1, 0.15) is 18.9 Å². The van der Waals surface area contributed by atoms with Crippen molar-refractivity contribution in [2.75, 3.05) is 49.2 Å². The molecule has 7 heteroatoms. The van der Waals surface area contributed by atoms with Gasteiger partial charge >= 0.3 is 6.03 Å². The Hall–Kier alpha value is -1.89. The molecule has 0 unspecified atom stereocenters. The summed E-state index contributed by atoms with van der Waals surface area (Å²) in [6, 6.07) is -0.0786. The number of carbonyl (C=O) groups excluding carboxylic acids is 1. The molecule has 1 aromatic heterocycles. The van der Waals surface area contributed by atoms with Gasteiger partial charge in [-0.1, -0.05) is 0 Å². The van der Waals surface area contributed by atoms with Gasteiger partial charge in [0, 0.05) is 37.9 Å². The van der Waals surface area contributed by atoms with E-state index < -0.39 is 0 Å². The van der Waals surface area contributed by atoms with Crippen LogP contribution in [-0.4, -0.2) is 55.4 Å². The van der Waals surface area contributed by atoms with E-state index in [2.05, 4.69) is 20.2 Å². The number of aromatic nitrogens is 2. The van der Waals surface area contributed by atoms with Crippen LogP contribution in [0.3, 0.4) is 0 Å². The van der Waals surface area contributed by atoms with Crippen LogP contribution in [0.2, 0.25) is 0 Å². The lowest BCUT2D eigenvalue weighted by Gasteiger charge is -2.31. The van der Waals surface area contributed by atoms with Crippen LogP contribution in [0.4, 0.5) is 16.6 Å². The van der Waals surface area contributed by atoms with E-state index in [1.165, 1.54) is 0 Å². The smallest absolute Gasteiger partial charge is 0.323 e. The second-order valence-electron chi connectivity index (χ2n) is 5.21. The van der Waals surface area contributed by atoms with Crippen molar-refractivity contribution in [3.05, 3.63) is 11.8 Å². The number of morpholine rings is 1. The number of hydrogen-bond acceptors (Lipinski definition) is 5. The molecule has 0 spiro atoms. The second-order valence-corrected chi connectivity index (χ2v) is 5.21. The van der Waals surface area contributed by atoms with Crippen LogP contribution in [0, 0.1) is 0 Å². The number of nitrogens with zero attached hydrogens (tertiary/aromatic N) is 4. The third-order valence-corrected chi connectivity index (χ3v) is 3.78. The Morgan fingerprint density at radius 2 is 2.19 bits per heavy atom. The first-order chi connectivity index (χ1) is 10.3. The van der Waals surface area contributed by atoms with Crippen molar-refractivity contribution < 1.29 is 9.53 Å². The zero-order chi connectivity index (χ0) is 14.7. The van der Waals surface area contributed by atoms with E-state index in [1.807, 2.05) is 13.1 Å². The molecule has 1 N–H and O–H groups in total. The van der Waals surface area contributed by atoms with Crippen molar-refractivity contribution in [2.24, 2.45) is 0 Å². The van der Waals surface area contributed by atoms with Crippen molar-refractivity contribution in [2.45, 2.75) is 19.8 Å². The first-order valence-electron chi connectivity index (χ1n) is 7.53. The molecule has 0 aromatic carbocycles. The summed E-state index contributed by atoms with van der Waals surface area (Å²) < 4.78 is 5.35. The van der Waals surface area contributed by atoms with Crippen LogP contribution in [0.5, 0.6) is 0 Å². The number of amides is 2. The third kappa shape index (κ3) is 2.92. The summed E-state index contributed by atoms with van der Waals surface area (Å²) in [4.78, 5) is 25.1. The first-order valence-corrected chi connectivity index (χ1v) is 7.53. The molecule has 1 fully saturated rings. The highest BCUT2D eigenvalue weighted by molar-refractivity contribution is 5.92. The predicted octanol–water partition coefficient (Wildman–Crippen LogP) is 0.795. The number of ether oxygens (including phenoxy) is 1. The standard InChI is InChI=1S/C14H21N5O2/c1-2-15-14(20)19-5-3-4-11-10-16-13(17-12(11)19)18-6-8-21-9-7-18/h10H,2-9H2,1H3,(H,15,20). The summed E-state index contributed by atoms with van der Waals surface area (Å²) in [5.74, 6) is 1.44. The molecular weight excluding hydrogens is 270 g/mol. The van der Waals surface area contributed by atoms with Crippen molar-refractivity contribution in [3.63, 3.8) is 0 Å². The molecule has 21 heavy (non-hydrogen) atoms. The van der Waals surface area contributed by atoms with E-state index in [1.54, 1.807) is 4.90 Å². The molecule has 7 nitrogen and oxygen atoms in total. The van der Waals surface area contributed by atoms with Gasteiger partial charge in [0.25, 0.3) is 0 Å². The lowest BCUT2D eigenvalue weighted by atomic mass is 10.1. The Morgan fingerprint density at radius 3 is 2.95 bits per heavy atom. The summed E-state index contributed by atoms with van der Waals surface area (Å²) in [6.07, 6.45) is 3.73. The molecule has 0 atom stereocenters. The molecule has 2 aliphatic heterocycles. The van der Waals surface area contributed by atoms with Crippen LogP contribution >= 0.6 is 0 Å². The highest BCUT2D eigenvalue weighted by Gasteiger charge is 2.25. The molecule has 1 aromatic rings. The van der Waals surface area contributed by atoms with Gasteiger partial charge in [0.15, 0.2) is 0 Å². The average Bonchev–Trinajstić information content (AvgIpc) is 2.55. The van der Waals surface area contributed by atoms with Gasteiger partial charge in [-0.05, 0) is 19.8 Å². The minimum absolute atomic E-state index is 0.0786.